The van der Waals surface area contributed by atoms with Crippen LogP contribution in [0, 0.1) is 0 Å². The standard InChI is InChI=1S/C12H21N3/c1-3-5-11-7-10(8-12(13)15-11)9-14-6-4-2/h7-8,14H,3-6,9H2,1-2H3,(H2,13,15). The SMILES string of the molecule is CCCNCc1cc(N)nc(CCC)c1. The molecule has 1 rings (SSSR count). The minimum Gasteiger partial charge on any atom is -0.384 e. The zero-order chi connectivity index (χ0) is 11.1. The molecule has 0 aliphatic heterocycles. The molecule has 3 N–H and O–H groups in total. The van der Waals surface area contributed by atoms with Crippen LogP contribution < -0.4 is 11.1 Å². The molecule has 1 heterocycles. The van der Waals surface area contributed by atoms with Crippen molar-refractivity contribution in [3.05, 3.63) is 23.4 Å². The largest absolute Gasteiger partial charge is 0.384 e. The summed E-state index contributed by atoms with van der Waals surface area (Å²) in [5, 5.41) is 3.36. The van der Waals surface area contributed by atoms with Gasteiger partial charge in [-0.15, -0.1) is 0 Å². The van der Waals surface area contributed by atoms with Gasteiger partial charge in [0.15, 0.2) is 0 Å². The Hall–Kier alpha value is -1.09. The Labute approximate surface area is 92.1 Å². The van der Waals surface area contributed by atoms with E-state index in [-0.39, 0.29) is 0 Å². The molecule has 1 aromatic rings. The molecular formula is C12H21N3. The van der Waals surface area contributed by atoms with Gasteiger partial charge in [0.05, 0.1) is 0 Å². The Morgan fingerprint density at radius 3 is 2.73 bits per heavy atom. The zero-order valence-corrected chi connectivity index (χ0v) is 9.71. The van der Waals surface area contributed by atoms with E-state index < -0.39 is 0 Å². The fourth-order valence-electron chi connectivity index (χ4n) is 1.57. The van der Waals surface area contributed by atoms with E-state index in [4.69, 9.17) is 5.73 Å². The van der Waals surface area contributed by atoms with Crippen LogP contribution in [0.3, 0.4) is 0 Å². The summed E-state index contributed by atoms with van der Waals surface area (Å²) < 4.78 is 0. The average Bonchev–Trinajstić information content (AvgIpc) is 2.18. The van der Waals surface area contributed by atoms with Gasteiger partial charge in [0.2, 0.25) is 0 Å². The average molecular weight is 207 g/mol. The molecule has 1 aromatic heterocycles. The first-order valence-corrected chi connectivity index (χ1v) is 5.72. The fourth-order valence-corrected chi connectivity index (χ4v) is 1.57. The van der Waals surface area contributed by atoms with Gasteiger partial charge in [-0.25, -0.2) is 4.98 Å². The second kappa shape index (κ2) is 6.40. The van der Waals surface area contributed by atoms with Crippen molar-refractivity contribution in [2.24, 2.45) is 0 Å². The monoisotopic (exact) mass is 207 g/mol. The highest BCUT2D eigenvalue weighted by molar-refractivity contribution is 5.34. The van der Waals surface area contributed by atoms with Crippen LogP contribution in [0.2, 0.25) is 0 Å². The number of aromatic nitrogens is 1. The van der Waals surface area contributed by atoms with Crippen molar-refractivity contribution in [3.63, 3.8) is 0 Å². The van der Waals surface area contributed by atoms with Crippen LogP contribution in [0.4, 0.5) is 5.82 Å². The van der Waals surface area contributed by atoms with Gasteiger partial charge in [0, 0.05) is 12.2 Å². The van der Waals surface area contributed by atoms with Crippen LogP contribution in [-0.4, -0.2) is 11.5 Å². The van der Waals surface area contributed by atoms with Crippen LogP contribution in [0.15, 0.2) is 12.1 Å². The first-order valence-electron chi connectivity index (χ1n) is 5.72. The van der Waals surface area contributed by atoms with E-state index in [2.05, 4.69) is 30.2 Å². The van der Waals surface area contributed by atoms with Crippen molar-refractivity contribution in [2.45, 2.75) is 39.7 Å². The molecule has 3 nitrogen and oxygen atoms in total. The second-order valence-electron chi connectivity index (χ2n) is 3.82. The van der Waals surface area contributed by atoms with Crippen LogP contribution >= 0.6 is 0 Å². The van der Waals surface area contributed by atoms with E-state index in [1.807, 2.05) is 6.07 Å². The summed E-state index contributed by atoms with van der Waals surface area (Å²) in [6.45, 7) is 6.25. The summed E-state index contributed by atoms with van der Waals surface area (Å²) in [6.07, 6.45) is 3.27. The summed E-state index contributed by atoms with van der Waals surface area (Å²) in [5.74, 6) is 0.634. The van der Waals surface area contributed by atoms with E-state index in [1.54, 1.807) is 0 Å². The normalized spacial score (nSPS) is 10.5. The van der Waals surface area contributed by atoms with Gasteiger partial charge in [-0.05, 0) is 37.1 Å². The lowest BCUT2D eigenvalue weighted by atomic mass is 10.1. The highest BCUT2D eigenvalue weighted by atomic mass is 14.9. The molecule has 0 aliphatic carbocycles. The smallest absolute Gasteiger partial charge is 0.123 e. The van der Waals surface area contributed by atoms with Gasteiger partial charge in [0.1, 0.15) is 5.82 Å². The third-order valence-electron chi connectivity index (χ3n) is 2.22. The highest BCUT2D eigenvalue weighted by Gasteiger charge is 1.99. The second-order valence-corrected chi connectivity index (χ2v) is 3.82. The van der Waals surface area contributed by atoms with E-state index in [0.29, 0.717) is 5.82 Å². The number of aryl methyl sites for hydroxylation is 1. The number of nitrogens with zero attached hydrogens (tertiary/aromatic N) is 1. The number of hydrogen-bond donors (Lipinski definition) is 2. The van der Waals surface area contributed by atoms with Crippen molar-refractivity contribution < 1.29 is 0 Å². The third-order valence-corrected chi connectivity index (χ3v) is 2.22. The molecule has 0 aliphatic rings. The van der Waals surface area contributed by atoms with Crippen molar-refractivity contribution in [3.8, 4) is 0 Å². The summed E-state index contributed by atoms with van der Waals surface area (Å²) >= 11 is 0. The summed E-state index contributed by atoms with van der Waals surface area (Å²) in [7, 11) is 0. The molecule has 0 fully saturated rings. The topological polar surface area (TPSA) is 50.9 Å². The highest BCUT2D eigenvalue weighted by Crippen LogP contribution is 2.09. The molecule has 0 saturated heterocycles. The summed E-state index contributed by atoms with van der Waals surface area (Å²) in [5.41, 5.74) is 8.09. The minimum atomic E-state index is 0.634. The van der Waals surface area contributed by atoms with Gasteiger partial charge in [-0.2, -0.15) is 0 Å². The maximum atomic E-state index is 5.76. The predicted octanol–water partition coefficient (Wildman–Crippen LogP) is 2.12. The molecule has 0 aromatic carbocycles. The number of hydrogen-bond acceptors (Lipinski definition) is 3. The van der Waals surface area contributed by atoms with Crippen molar-refractivity contribution in [1.29, 1.82) is 0 Å². The van der Waals surface area contributed by atoms with Crippen LogP contribution in [0.1, 0.15) is 37.9 Å². The molecule has 15 heavy (non-hydrogen) atoms. The molecule has 84 valence electrons. The van der Waals surface area contributed by atoms with Gasteiger partial charge in [-0.3, -0.25) is 0 Å². The molecule has 3 heteroatoms. The van der Waals surface area contributed by atoms with Crippen molar-refractivity contribution in [1.82, 2.24) is 10.3 Å². The molecular weight excluding hydrogens is 186 g/mol. The predicted molar refractivity (Wildman–Crippen MR) is 64.6 cm³/mol. The van der Waals surface area contributed by atoms with E-state index in [0.717, 1.165) is 38.0 Å². The first-order chi connectivity index (χ1) is 7.26. The number of nitrogen functional groups attached to an aromatic ring is 1. The number of nitrogens with two attached hydrogens (primary N) is 1. The maximum Gasteiger partial charge on any atom is 0.123 e. The maximum absolute atomic E-state index is 5.76. The zero-order valence-electron chi connectivity index (χ0n) is 9.71. The molecule has 0 bridgehead atoms. The Balaban J connectivity index is 2.62. The lowest BCUT2D eigenvalue weighted by Crippen LogP contribution is -2.14. The van der Waals surface area contributed by atoms with Crippen molar-refractivity contribution >= 4 is 5.82 Å². The number of pyridine rings is 1. The van der Waals surface area contributed by atoms with Crippen LogP contribution in [0.25, 0.3) is 0 Å². The van der Waals surface area contributed by atoms with Gasteiger partial charge < -0.3 is 11.1 Å². The number of anilines is 1. The minimum absolute atomic E-state index is 0.634. The Morgan fingerprint density at radius 2 is 2.07 bits per heavy atom. The molecule has 0 atom stereocenters. The van der Waals surface area contributed by atoms with Gasteiger partial charge >= 0.3 is 0 Å². The Morgan fingerprint density at radius 1 is 1.27 bits per heavy atom. The molecule has 0 radical (unpaired) electrons. The fraction of sp³-hybridized carbons (Fsp3) is 0.583. The van der Waals surface area contributed by atoms with E-state index >= 15 is 0 Å². The van der Waals surface area contributed by atoms with Gasteiger partial charge in [-0.1, -0.05) is 20.3 Å². The van der Waals surface area contributed by atoms with E-state index in [9.17, 15) is 0 Å². The molecule has 0 amide bonds. The molecule has 0 spiro atoms. The lowest BCUT2D eigenvalue weighted by Gasteiger charge is -2.06. The quantitative estimate of drug-likeness (QED) is 0.702. The first kappa shape index (κ1) is 12.0. The van der Waals surface area contributed by atoms with E-state index in [1.165, 1.54) is 5.56 Å². The lowest BCUT2D eigenvalue weighted by molar-refractivity contribution is 0.674. The van der Waals surface area contributed by atoms with Crippen LogP contribution in [-0.2, 0) is 13.0 Å². The number of nitrogens with one attached hydrogen (secondary N) is 1. The Kier molecular flexibility index (Phi) is 5.12. The third kappa shape index (κ3) is 4.30. The van der Waals surface area contributed by atoms with Crippen LogP contribution in [0.5, 0.6) is 0 Å². The number of rotatable bonds is 6. The van der Waals surface area contributed by atoms with Crippen molar-refractivity contribution in [2.75, 3.05) is 12.3 Å². The summed E-state index contributed by atoms with van der Waals surface area (Å²) in [4.78, 5) is 4.30. The molecule has 0 saturated carbocycles. The Bertz CT molecular complexity index is 297. The van der Waals surface area contributed by atoms with Gasteiger partial charge in [0.25, 0.3) is 0 Å². The summed E-state index contributed by atoms with van der Waals surface area (Å²) in [6, 6.07) is 4.09. The molecule has 0 unspecified atom stereocenters.